The van der Waals surface area contributed by atoms with Gasteiger partial charge in [0.2, 0.25) is 0 Å². The van der Waals surface area contributed by atoms with Gasteiger partial charge in [0, 0.05) is 17.2 Å². The first kappa shape index (κ1) is 14.7. The summed E-state index contributed by atoms with van der Waals surface area (Å²) < 4.78 is 26.5. The average Bonchev–Trinajstić information content (AvgIpc) is 2.49. The number of amides is 1. The van der Waals surface area contributed by atoms with E-state index in [0.29, 0.717) is 11.1 Å². The van der Waals surface area contributed by atoms with Crippen LogP contribution >= 0.6 is 0 Å². The predicted octanol–water partition coefficient (Wildman–Crippen LogP) is 2.53. The van der Waals surface area contributed by atoms with E-state index in [1.165, 1.54) is 0 Å². The molecule has 0 saturated carbocycles. The molecule has 1 amide bonds. The molecule has 0 radical (unpaired) electrons. The van der Waals surface area contributed by atoms with E-state index in [0.717, 1.165) is 18.2 Å². The van der Waals surface area contributed by atoms with Gasteiger partial charge < -0.3 is 11.1 Å². The van der Waals surface area contributed by atoms with Crippen molar-refractivity contribution in [2.24, 2.45) is 5.73 Å². The fourth-order valence-electron chi connectivity index (χ4n) is 1.65. The second-order valence-electron chi connectivity index (χ2n) is 4.16. The lowest BCUT2D eigenvalue weighted by molar-refractivity contribution is 0.102. The van der Waals surface area contributed by atoms with Crippen LogP contribution < -0.4 is 11.1 Å². The molecule has 3 nitrogen and oxygen atoms in total. The van der Waals surface area contributed by atoms with Crippen LogP contribution in [0.15, 0.2) is 42.5 Å². The Morgan fingerprint density at radius 3 is 2.52 bits per heavy atom. The number of benzene rings is 2. The van der Waals surface area contributed by atoms with E-state index in [-0.39, 0.29) is 12.2 Å². The van der Waals surface area contributed by atoms with Crippen LogP contribution in [0.5, 0.6) is 0 Å². The summed E-state index contributed by atoms with van der Waals surface area (Å²) in [6, 6.07) is 9.26. The Morgan fingerprint density at radius 1 is 1.14 bits per heavy atom. The molecular weight excluding hydrogens is 274 g/mol. The Bertz CT molecular complexity index is 715. The molecule has 2 rings (SSSR count). The molecule has 5 heteroatoms. The van der Waals surface area contributed by atoms with E-state index in [1.54, 1.807) is 24.3 Å². The maximum atomic E-state index is 13.4. The van der Waals surface area contributed by atoms with Crippen LogP contribution in [0, 0.1) is 23.5 Å². The lowest BCUT2D eigenvalue weighted by Gasteiger charge is -2.06. The van der Waals surface area contributed by atoms with Crippen molar-refractivity contribution in [1.82, 2.24) is 0 Å². The van der Waals surface area contributed by atoms with Gasteiger partial charge in [-0.3, -0.25) is 4.79 Å². The zero-order chi connectivity index (χ0) is 15.2. The SMILES string of the molecule is NCC#Cc1ccc(C(=O)Nc2cc(F)ccc2F)cc1. The first-order valence-corrected chi connectivity index (χ1v) is 6.15. The van der Waals surface area contributed by atoms with Crippen LogP contribution in [-0.4, -0.2) is 12.5 Å². The minimum atomic E-state index is -0.699. The smallest absolute Gasteiger partial charge is 0.255 e. The van der Waals surface area contributed by atoms with Crippen molar-refractivity contribution in [2.75, 3.05) is 11.9 Å². The Hall–Kier alpha value is -2.71. The first-order chi connectivity index (χ1) is 10.1. The average molecular weight is 286 g/mol. The fourth-order valence-corrected chi connectivity index (χ4v) is 1.65. The quantitative estimate of drug-likeness (QED) is 0.834. The monoisotopic (exact) mass is 286 g/mol. The summed E-state index contributed by atoms with van der Waals surface area (Å²) in [7, 11) is 0. The minimum Gasteiger partial charge on any atom is -0.320 e. The van der Waals surface area contributed by atoms with Crippen molar-refractivity contribution in [3.8, 4) is 11.8 Å². The molecule has 0 aliphatic carbocycles. The van der Waals surface area contributed by atoms with Crippen LogP contribution in [-0.2, 0) is 0 Å². The Balaban J connectivity index is 2.15. The number of carbonyl (C=O) groups excluding carboxylic acids is 1. The van der Waals surface area contributed by atoms with Crippen LogP contribution in [0.25, 0.3) is 0 Å². The van der Waals surface area contributed by atoms with Gasteiger partial charge in [-0.2, -0.15) is 0 Å². The Morgan fingerprint density at radius 2 is 1.86 bits per heavy atom. The van der Waals surface area contributed by atoms with Crippen LogP contribution in [0.4, 0.5) is 14.5 Å². The van der Waals surface area contributed by atoms with E-state index in [9.17, 15) is 13.6 Å². The molecule has 0 heterocycles. The highest BCUT2D eigenvalue weighted by atomic mass is 19.1. The van der Waals surface area contributed by atoms with Gasteiger partial charge in [0.15, 0.2) is 0 Å². The third-order valence-corrected chi connectivity index (χ3v) is 2.66. The highest BCUT2D eigenvalue weighted by Gasteiger charge is 2.10. The number of hydrogen-bond donors (Lipinski definition) is 2. The van der Waals surface area contributed by atoms with Crippen LogP contribution in [0.2, 0.25) is 0 Å². The number of halogens is 2. The van der Waals surface area contributed by atoms with Gasteiger partial charge in [-0.1, -0.05) is 11.8 Å². The fraction of sp³-hybridized carbons (Fsp3) is 0.0625. The number of carbonyl (C=O) groups is 1. The predicted molar refractivity (Wildman–Crippen MR) is 76.7 cm³/mol. The number of hydrogen-bond acceptors (Lipinski definition) is 2. The minimum absolute atomic E-state index is 0.202. The molecule has 3 N–H and O–H groups in total. The maximum Gasteiger partial charge on any atom is 0.255 e. The summed E-state index contributed by atoms with van der Waals surface area (Å²) in [6.45, 7) is 0.251. The second kappa shape index (κ2) is 6.64. The Labute approximate surface area is 120 Å². The molecule has 0 aromatic heterocycles. The van der Waals surface area contributed by atoms with E-state index < -0.39 is 17.5 Å². The normalized spacial score (nSPS) is 9.67. The van der Waals surface area contributed by atoms with Gasteiger partial charge in [-0.25, -0.2) is 8.78 Å². The lowest BCUT2D eigenvalue weighted by Crippen LogP contribution is -2.13. The molecular formula is C16H12F2N2O. The second-order valence-corrected chi connectivity index (χ2v) is 4.16. The Kier molecular flexibility index (Phi) is 4.64. The molecule has 0 atom stereocenters. The first-order valence-electron chi connectivity index (χ1n) is 6.15. The zero-order valence-corrected chi connectivity index (χ0v) is 11.0. The van der Waals surface area contributed by atoms with Crippen LogP contribution in [0.3, 0.4) is 0 Å². The van der Waals surface area contributed by atoms with Gasteiger partial charge in [0.05, 0.1) is 12.2 Å². The summed E-state index contributed by atoms with van der Waals surface area (Å²) in [5.41, 5.74) is 6.09. The standard InChI is InChI=1S/C16H12F2N2O/c17-13-7-8-14(18)15(10-13)20-16(21)12-5-3-11(4-6-12)2-1-9-19/h3-8,10H,9,19H2,(H,20,21). The molecule has 0 fully saturated rings. The largest absolute Gasteiger partial charge is 0.320 e. The van der Waals surface area contributed by atoms with Crippen molar-refractivity contribution >= 4 is 11.6 Å². The van der Waals surface area contributed by atoms with Crippen LogP contribution in [0.1, 0.15) is 15.9 Å². The summed E-state index contributed by atoms with van der Waals surface area (Å²) in [6.07, 6.45) is 0. The van der Waals surface area contributed by atoms with Gasteiger partial charge in [0.25, 0.3) is 5.91 Å². The molecule has 2 aromatic rings. The number of anilines is 1. The summed E-state index contributed by atoms with van der Waals surface area (Å²) in [5.74, 6) is 3.66. The number of rotatable bonds is 2. The molecule has 0 aliphatic rings. The van der Waals surface area contributed by atoms with Crippen molar-refractivity contribution in [2.45, 2.75) is 0 Å². The molecule has 106 valence electrons. The third kappa shape index (κ3) is 3.88. The van der Waals surface area contributed by atoms with E-state index in [2.05, 4.69) is 17.2 Å². The van der Waals surface area contributed by atoms with Crippen molar-refractivity contribution in [3.05, 3.63) is 65.2 Å². The molecule has 0 bridgehead atoms. The van der Waals surface area contributed by atoms with Crippen molar-refractivity contribution in [1.29, 1.82) is 0 Å². The molecule has 0 unspecified atom stereocenters. The van der Waals surface area contributed by atoms with Gasteiger partial charge >= 0.3 is 0 Å². The molecule has 0 saturated heterocycles. The third-order valence-electron chi connectivity index (χ3n) is 2.66. The van der Waals surface area contributed by atoms with E-state index in [4.69, 9.17) is 5.73 Å². The van der Waals surface area contributed by atoms with E-state index >= 15 is 0 Å². The topological polar surface area (TPSA) is 55.1 Å². The highest BCUT2D eigenvalue weighted by Crippen LogP contribution is 2.16. The number of nitrogens with two attached hydrogens (primary N) is 1. The summed E-state index contributed by atoms with van der Waals surface area (Å²) >= 11 is 0. The highest BCUT2D eigenvalue weighted by molar-refractivity contribution is 6.04. The number of nitrogens with one attached hydrogen (secondary N) is 1. The molecule has 2 aromatic carbocycles. The maximum absolute atomic E-state index is 13.4. The van der Waals surface area contributed by atoms with Crippen molar-refractivity contribution in [3.63, 3.8) is 0 Å². The zero-order valence-electron chi connectivity index (χ0n) is 11.0. The molecule has 21 heavy (non-hydrogen) atoms. The van der Waals surface area contributed by atoms with Crippen molar-refractivity contribution < 1.29 is 13.6 Å². The van der Waals surface area contributed by atoms with E-state index in [1.807, 2.05) is 0 Å². The molecule has 0 spiro atoms. The summed E-state index contributed by atoms with van der Waals surface area (Å²) in [4.78, 5) is 11.9. The molecule has 0 aliphatic heterocycles. The van der Waals surface area contributed by atoms with Gasteiger partial charge in [-0.15, -0.1) is 0 Å². The van der Waals surface area contributed by atoms with Gasteiger partial charge in [0.1, 0.15) is 11.6 Å². The van der Waals surface area contributed by atoms with Gasteiger partial charge in [-0.05, 0) is 36.4 Å². The summed E-state index contributed by atoms with van der Waals surface area (Å²) in [5, 5.41) is 2.32. The lowest BCUT2D eigenvalue weighted by atomic mass is 10.1.